The van der Waals surface area contributed by atoms with Crippen LogP contribution in [0.1, 0.15) is 34.8 Å². The largest absolute Gasteiger partial charge is 0.494 e. The van der Waals surface area contributed by atoms with E-state index in [1.165, 1.54) is 12.1 Å². The molecule has 0 aliphatic carbocycles. The van der Waals surface area contributed by atoms with Crippen LogP contribution in [-0.4, -0.2) is 42.2 Å². The third-order valence-corrected chi connectivity index (χ3v) is 7.77. The third-order valence-electron chi connectivity index (χ3n) is 7.20. The van der Waals surface area contributed by atoms with Crippen LogP contribution in [0.4, 0.5) is 4.39 Å². The van der Waals surface area contributed by atoms with Gasteiger partial charge in [0.2, 0.25) is 5.90 Å². The molecule has 1 heterocycles. The Bertz CT molecular complexity index is 1570. The van der Waals surface area contributed by atoms with Crippen molar-refractivity contribution in [1.82, 2.24) is 5.32 Å². The fraction of sp³-hybridized carbons (Fsp3) is 0.235. The number of aliphatic imine (C=N–C) groups is 1. The second kappa shape index (κ2) is 14.0. The number of nitrogens with one attached hydrogen (secondary N) is 1. The monoisotopic (exact) mass is 620 g/mol. The molecule has 9 heteroatoms. The Morgan fingerprint density at radius 2 is 1.72 bits per heavy atom. The van der Waals surface area contributed by atoms with E-state index in [-0.39, 0.29) is 24.8 Å². The second-order valence-electron chi connectivity index (χ2n) is 10.2. The van der Waals surface area contributed by atoms with Crippen molar-refractivity contribution in [1.29, 1.82) is 0 Å². The van der Waals surface area contributed by atoms with Gasteiger partial charge in [0, 0.05) is 47.2 Å². The molecular weight excluding hydrogens is 590 g/mol. The van der Waals surface area contributed by atoms with E-state index in [4.69, 9.17) is 42.8 Å². The van der Waals surface area contributed by atoms with E-state index < -0.39 is 11.6 Å². The number of rotatable bonds is 12. The molecule has 0 bridgehead atoms. The zero-order valence-electron chi connectivity index (χ0n) is 23.3. The molecule has 2 atom stereocenters. The predicted molar refractivity (Wildman–Crippen MR) is 166 cm³/mol. The van der Waals surface area contributed by atoms with Gasteiger partial charge in [0.25, 0.3) is 5.91 Å². The van der Waals surface area contributed by atoms with E-state index in [9.17, 15) is 9.18 Å². The minimum absolute atomic E-state index is 0.0484. The summed E-state index contributed by atoms with van der Waals surface area (Å²) in [5.41, 5.74) is 1.63. The number of nitrogens with zero attached hydrogens (tertiary/aromatic N) is 1. The Morgan fingerprint density at radius 3 is 2.42 bits per heavy atom. The zero-order valence-corrected chi connectivity index (χ0v) is 24.8. The number of hydrogen-bond donors (Lipinski definition) is 2. The van der Waals surface area contributed by atoms with Crippen LogP contribution in [0.2, 0.25) is 10.0 Å². The highest BCUT2D eigenvalue weighted by Gasteiger charge is 2.53. The molecule has 5 rings (SSSR count). The number of amides is 1. The van der Waals surface area contributed by atoms with Gasteiger partial charge in [0.1, 0.15) is 11.6 Å². The number of aliphatic hydroxyl groups excluding tert-OH is 1. The molecule has 6 nitrogen and oxygen atoms in total. The molecule has 0 fully saturated rings. The Kier molecular flexibility index (Phi) is 9.97. The summed E-state index contributed by atoms with van der Waals surface area (Å²) in [7, 11) is 0. The molecule has 1 aliphatic heterocycles. The molecule has 0 radical (unpaired) electrons. The van der Waals surface area contributed by atoms with Crippen molar-refractivity contribution >= 4 is 35.0 Å². The number of benzene rings is 4. The number of hydrogen-bond acceptors (Lipinski definition) is 5. The molecule has 4 aromatic rings. The van der Waals surface area contributed by atoms with Gasteiger partial charge in [-0.25, -0.2) is 9.38 Å². The highest BCUT2D eigenvalue weighted by atomic mass is 35.5. The van der Waals surface area contributed by atoms with Gasteiger partial charge in [0.15, 0.2) is 11.6 Å². The van der Waals surface area contributed by atoms with E-state index in [0.717, 1.165) is 11.1 Å². The van der Waals surface area contributed by atoms with Gasteiger partial charge in [-0.05, 0) is 66.1 Å². The van der Waals surface area contributed by atoms with Crippen LogP contribution >= 0.6 is 23.2 Å². The lowest BCUT2D eigenvalue weighted by Gasteiger charge is -2.31. The summed E-state index contributed by atoms with van der Waals surface area (Å²) in [6, 6.07) is 28.1. The summed E-state index contributed by atoms with van der Waals surface area (Å²) >= 11 is 12.9. The van der Waals surface area contributed by atoms with Gasteiger partial charge < -0.3 is 19.9 Å². The molecule has 0 aromatic heterocycles. The van der Waals surface area contributed by atoms with Crippen molar-refractivity contribution in [3.05, 3.63) is 135 Å². The number of halogens is 3. The first-order valence-electron chi connectivity index (χ1n) is 14.0. The first-order valence-corrected chi connectivity index (χ1v) is 14.8. The van der Waals surface area contributed by atoms with Gasteiger partial charge in [-0.2, -0.15) is 0 Å². The fourth-order valence-corrected chi connectivity index (χ4v) is 5.51. The molecule has 2 N–H and O–H groups in total. The average molecular weight is 622 g/mol. The summed E-state index contributed by atoms with van der Waals surface area (Å²) in [5, 5.41) is 12.9. The minimum atomic E-state index is -1.41. The minimum Gasteiger partial charge on any atom is -0.494 e. The third kappa shape index (κ3) is 7.36. The molecule has 43 heavy (non-hydrogen) atoms. The molecule has 0 unspecified atom stereocenters. The molecular formula is C34H31Cl2FN2O4. The number of ether oxygens (including phenoxy) is 2. The van der Waals surface area contributed by atoms with E-state index >= 15 is 0 Å². The second-order valence-corrected chi connectivity index (χ2v) is 11.1. The standard InChI is InChI=1S/C34H31Cl2FN2O4/c35-26-11-16-29(30(36)21-26)31-34(22-24-5-2-1-3-6-24,33(41)38-18-17-23-7-12-27(37)13-8-23)39-32(43-31)25-9-14-28(15-10-25)42-20-4-19-40/h1-3,5-16,21,31,40H,4,17-20,22H2,(H,38,41)/t31-,34-/m1/s1. The first kappa shape index (κ1) is 30.5. The number of carbonyl (C=O) groups is 1. The zero-order chi connectivity index (χ0) is 30.2. The quantitative estimate of drug-likeness (QED) is 0.172. The van der Waals surface area contributed by atoms with Crippen LogP contribution in [0, 0.1) is 5.82 Å². The lowest BCUT2D eigenvalue weighted by Crippen LogP contribution is -2.50. The van der Waals surface area contributed by atoms with E-state index in [0.29, 0.717) is 58.8 Å². The van der Waals surface area contributed by atoms with Crippen molar-refractivity contribution in [2.24, 2.45) is 4.99 Å². The van der Waals surface area contributed by atoms with Crippen LogP contribution in [-0.2, 0) is 22.4 Å². The van der Waals surface area contributed by atoms with Crippen molar-refractivity contribution in [2.45, 2.75) is 30.9 Å². The highest BCUT2D eigenvalue weighted by Crippen LogP contribution is 2.45. The van der Waals surface area contributed by atoms with Crippen LogP contribution in [0.25, 0.3) is 0 Å². The fourth-order valence-electron chi connectivity index (χ4n) is 5.00. The molecule has 0 saturated carbocycles. The smallest absolute Gasteiger partial charge is 0.252 e. The number of carbonyl (C=O) groups excluding carboxylic acids is 1. The van der Waals surface area contributed by atoms with Crippen molar-refractivity contribution < 1.29 is 23.8 Å². The maximum absolute atomic E-state index is 14.3. The number of aliphatic hydroxyl groups is 1. The van der Waals surface area contributed by atoms with Crippen LogP contribution in [0.3, 0.4) is 0 Å². The average Bonchev–Trinajstić information content (AvgIpc) is 3.39. The van der Waals surface area contributed by atoms with E-state index in [1.54, 1.807) is 42.5 Å². The molecule has 222 valence electrons. The van der Waals surface area contributed by atoms with Crippen LogP contribution in [0.5, 0.6) is 5.75 Å². The molecule has 4 aromatic carbocycles. The lowest BCUT2D eigenvalue weighted by molar-refractivity contribution is -0.128. The molecule has 0 spiro atoms. The Morgan fingerprint density at radius 1 is 0.977 bits per heavy atom. The normalized spacial score (nSPS) is 17.7. The predicted octanol–water partition coefficient (Wildman–Crippen LogP) is 6.75. The summed E-state index contributed by atoms with van der Waals surface area (Å²) in [6.45, 7) is 0.752. The summed E-state index contributed by atoms with van der Waals surface area (Å²) in [4.78, 5) is 19.3. The first-order chi connectivity index (χ1) is 20.9. The summed E-state index contributed by atoms with van der Waals surface area (Å²) in [6.07, 6.45) is 0.416. The van der Waals surface area contributed by atoms with Crippen LogP contribution < -0.4 is 10.1 Å². The van der Waals surface area contributed by atoms with Gasteiger partial charge in [-0.1, -0.05) is 71.7 Å². The topological polar surface area (TPSA) is 80.2 Å². The summed E-state index contributed by atoms with van der Waals surface area (Å²) in [5.74, 6) is 0.296. The maximum atomic E-state index is 14.3. The van der Waals surface area contributed by atoms with Gasteiger partial charge in [-0.3, -0.25) is 4.79 Å². The van der Waals surface area contributed by atoms with Crippen molar-refractivity contribution in [3.63, 3.8) is 0 Å². The SMILES string of the molecule is O=C(NCCc1ccc(F)cc1)[C@]1(Cc2ccccc2)N=C(c2ccc(OCCCO)cc2)O[C@@H]1c1ccc(Cl)cc1Cl. The van der Waals surface area contributed by atoms with Gasteiger partial charge >= 0.3 is 0 Å². The maximum Gasteiger partial charge on any atom is 0.252 e. The Balaban J connectivity index is 1.52. The van der Waals surface area contributed by atoms with E-state index in [2.05, 4.69) is 5.32 Å². The summed E-state index contributed by atoms with van der Waals surface area (Å²) < 4.78 is 25.6. The Hall–Kier alpha value is -3.91. The molecule has 0 saturated heterocycles. The lowest BCUT2D eigenvalue weighted by atomic mass is 9.82. The highest BCUT2D eigenvalue weighted by molar-refractivity contribution is 6.35. The molecule has 1 amide bonds. The Labute approximate surface area is 260 Å². The van der Waals surface area contributed by atoms with Gasteiger partial charge in [-0.15, -0.1) is 0 Å². The van der Waals surface area contributed by atoms with E-state index in [1.807, 2.05) is 42.5 Å². The van der Waals surface area contributed by atoms with Gasteiger partial charge in [0.05, 0.1) is 6.61 Å². The molecule has 1 aliphatic rings. The van der Waals surface area contributed by atoms with Crippen molar-refractivity contribution in [2.75, 3.05) is 19.8 Å². The van der Waals surface area contributed by atoms with Crippen LogP contribution in [0.15, 0.2) is 102 Å². The van der Waals surface area contributed by atoms with Crippen molar-refractivity contribution in [3.8, 4) is 5.75 Å².